The Morgan fingerprint density at radius 1 is 1.26 bits per heavy atom. The van der Waals surface area contributed by atoms with Gasteiger partial charge >= 0.3 is 0 Å². The van der Waals surface area contributed by atoms with E-state index in [1.807, 2.05) is 7.05 Å². The molecule has 1 aromatic rings. The van der Waals surface area contributed by atoms with Crippen molar-refractivity contribution in [3.05, 3.63) is 28.2 Å². The van der Waals surface area contributed by atoms with Crippen molar-refractivity contribution >= 4 is 47.2 Å². The predicted octanol–water partition coefficient (Wildman–Crippen LogP) is 3.68. The highest BCUT2D eigenvalue weighted by Gasteiger charge is 2.19. The fourth-order valence-corrected chi connectivity index (χ4v) is 3.27. The summed E-state index contributed by atoms with van der Waals surface area (Å²) in [5, 5.41) is 6.97. The molecule has 130 valence electrons. The van der Waals surface area contributed by atoms with Crippen LogP contribution in [0.5, 0.6) is 0 Å². The van der Waals surface area contributed by atoms with E-state index >= 15 is 0 Å². The number of likely N-dealkylation sites (tertiary alicyclic amines) is 1. The van der Waals surface area contributed by atoms with Crippen LogP contribution in [-0.4, -0.2) is 44.0 Å². The van der Waals surface area contributed by atoms with Crippen LogP contribution in [0.3, 0.4) is 0 Å². The number of carbonyl (C=O) groups is 1. The van der Waals surface area contributed by atoms with Crippen molar-refractivity contribution in [1.29, 1.82) is 0 Å². The molecule has 1 aromatic carbocycles. The number of carbonyl (C=O) groups excluding carboxylic acids is 1. The SMILES string of the molecule is CNCC1CCN(CCC(=O)Nc2c(Cl)cccc2Cl)CC1.Cl. The molecular formula is C16H24Cl3N3O. The predicted molar refractivity (Wildman–Crippen MR) is 100 cm³/mol. The van der Waals surface area contributed by atoms with E-state index < -0.39 is 0 Å². The molecule has 0 radical (unpaired) electrons. The zero-order valence-corrected chi connectivity index (χ0v) is 15.6. The lowest BCUT2D eigenvalue weighted by molar-refractivity contribution is -0.116. The number of para-hydroxylation sites is 1. The molecule has 0 aliphatic carbocycles. The molecule has 23 heavy (non-hydrogen) atoms. The van der Waals surface area contributed by atoms with Crippen molar-refractivity contribution < 1.29 is 4.79 Å². The van der Waals surface area contributed by atoms with Crippen LogP contribution in [0.1, 0.15) is 19.3 Å². The van der Waals surface area contributed by atoms with Crippen LogP contribution in [0.2, 0.25) is 10.0 Å². The molecular weight excluding hydrogens is 357 g/mol. The van der Waals surface area contributed by atoms with Gasteiger partial charge in [-0.15, -0.1) is 12.4 Å². The molecule has 1 aliphatic rings. The topological polar surface area (TPSA) is 44.4 Å². The van der Waals surface area contributed by atoms with Crippen LogP contribution in [0.4, 0.5) is 5.69 Å². The van der Waals surface area contributed by atoms with Crippen molar-refractivity contribution in [2.75, 3.05) is 38.5 Å². The molecule has 2 rings (SSSR count). The molecule has 0 atom stereocenters. The molecule has 1 amide bonds. The van der Waals surface area contributed by atoms with Crippen molar-refractivity contribution in [2.45, 2.75) is 19.3 Å². The van der Waals surface area contributed by atoms with Gasteiger partial charge in [-0.05, 0) is 57.6 Å². The summed E-state index contributed by atoms with van der Waals surface area (Å²) in [6.45, 7) is 3.98. The molecule has 7 heteroatoms. The molecule has 1 fully saturated rings. The molecule has 0 spiro atoms. The van der Waals surface area contributed by atoms with Crippen LogP contribution < -0.4 is 10.6 Å². The number of rotatable bonds is 6. The molecule has 0 saturated carbocycles. The average Bonchev–Trinajstić information content (AvgIpc) is 2.51. The van der Waals surface area contributed by atoms with Gasteiger partial charge in [-0.1, -0.05) is 29.3 Å². The van der Waals surface area contributed by atoms with Crippen LogP contribution in [-0.2, 0) is 4.79 Å². The Kier molecular flexibility index (Phi) is 9.25. The van der Waals surface area contributed by atoms with E-state index in [2.05, 4.69) is 15.5 Å². The van der Waals surface area contributed by atoms with Gasteiger partial charge in [0, 0.05) is 13.0 Å². The lowest BCUT2D eigenvalue weighted by atomic mass is 9.97. The Bertz CT molecular complexity index is 485. The van der Waals surface area contributed by atoms with E-state index in [0.29, 0.717) is 22.2 Å². The average molecular weight is 381 g/mol. The second kappa shape index (κ2) is 10.4. The Morgan fingerprint density at radius 2 is 1.87 bits per heavy atom. The van der Waals surface area contributed by atoms with E-state index in [-0.39, 0.29) is 18.3 Å². The normalized spacial score (nSPS) is 16.0. The van der Waals surface area contributed by atoms with Crippen LogP contribution in [0.25, 0.3) is 0 Å². The number of amides is 1. The number of nitrogens with zero attached hydrogens (tertiary/aromatic N) is 1. The summed E-state index contributed by atoms with van der Waals surface area (Å²) in [6.07, 6.45) is 2.84. The highest BCUT2D eigenvalue weighted by atomic mass is 35.5. The van der Waals surface area contributed by atoms with E-state index in [1.165, 1.54) is 12.8 Å². The maximum Gasteiger partial charge on any atom is 0.225 e. The summed E-state index contributed by atoms with van der Waals surface area (Å²) < 4.78 is 0. The van der Waals surface area contributed by atoms with E-state index in [1.54, 1.807) is 18.2 Å². The lowest BCUT2D eigenvalue weighted by Gasteiger charge is -2.31. The van der Waals surface area contributed by atoms with Crippen molar-refractivity contribution in [3.8, 4) is 0 Å². The summed E-state index contributed by atoms with van der Waals surface area (Å²) >= 11 is 12.1. The first kappa shape index (κ1) is 20.5. The third kappa shape index (κ3) is 6.48. The minimum Gasteiger partial charge on any atom is -0.324 e. The zero-order chi connectivity index (χ0) is 15.9. The van der Waals surface area contributed by atoms with Gasteiger partial charge in [0.25, 0.3) is 0 Å². The van der Waals surface area contributed by atoms with E-state index in [4.69, 9.17) is 23.2 Å². The molecule has 1 aliphatic heterocycles. The van der Waals surface area contributed by atoms with Crippen molar-refractivity contribution in [3.63, 3.8) is 0 Å². The van der Waals surface area contributed by atoms with Gasteiger partial charge < -0.3 is 15.5 Å². The number of hydrogen-bond donors (Lipinski definition) is 2. The van der Waals surface area contributed by atoms with Crippen molar-refractivity contribution in [2.24, 2.45) is 5.92 Å². The molecule has 0 bridgehead atoms. The number of piperidine rings is 1. The largest absolute Gasteiger partial charge is 0.324 e. The molecule has 1 saturated heterocycles. The van der Waals surface area contributed by atoms with E-state index in [0.717, 1.165) is 32.1 Å². The number of anilines is 1. The van der Waals surface area contributed by atoms with Gasteiger partial charge in [0.05, 0.1) is 15.7 Å². The second-order valence-corrected chi connectivity index (χ2v) is 6.55. The standard InChI is InChI=1S/C16H23Cl2N3O.ClH/c1-19-11-12-5-8-21(9-6-12)10-7-15(22)20-16-13(17)3-2-4-14(16)18;/h2-4,12,19H,5-11H2,1H3,(H,20,22);1H. The van der Waals surface area contributed by atoms with Gasteiger partial charge in [0.1, 0.15) is 0 Å². The minimum atomic E-state index is -0.0488. The summed E-state index contributed by atoms with van der Waals surface area (Å²) in [6, 6.07) is 5.20. The van der Waals surface area contributed by atoms with E-state index in [9.17, 15) is 4.79 Å². The quantitative estimate of drug-likeness (QED) is 0.791. The summed E-state index contributed by atoms with van der Waals surface area (Å²) in [7, 11) is 2.00. The molecule has 4 nitrogen and oxygen atoms in total. The first-order valence-corrected chi connectivity index (χ1v) is 8.46. The number of halogens is 3. The Morgan fingerprint density at radius 3 is 2.43 bits per heavy atom. The van der Waals surface area contributed by atoms with Gasteiger partial charge in [0.2, 0.25) is 5.91 Å². The third-order valence-corrected chi connectivity index (χ3v) is 4.71. The summed E-state index contributed by atoms with van der Waals surface area (Å²) in [4.78, 5) is 14.4. The van der Waals surface area contributed by atoms with Crippen molar-refractivity contribution in [1.82, 2.24) is 10.2 Å². The Labute approximate surface area is 154 Å². The summed E-state index contributed by atoms with van der Waals surface area (Å²) in [5.41, 5.74) is 0.503. The Hall–Kier alpha value is -0.520. The highest BCUT2D eigenvalue weighted by molar-refractivity contribution is 6.39. The molecule has 0 unspecified atom stereocenters. The maximum absolute atomic E-state index is 12.1. The monoisotopic (exact) mass is 379 g/mol. The first-order chi connectivity index (χ1) is 10.6. The van der Waals surface area contributed by atoms with Gasteiger partial charge in [0.15, 0.2) is 0 Å². The fourth-order valence-electron chi connectivity index (χ4n) is 2.78. The summed E-state index contributed by atoms with van der Waals surface area (Å²) in [5.74, 6) is 0.712. The first-order valence-electron chi connectivity index (χ1n) is 7.71. The number of nitrogens with one attached hydrogen (secondary N) is 2. The smallest absolute Gasteiger partial charge is 0.225 e. The third-order valence-electron chi connectivity index (χ3n) is 4.08. The molecule has 0 aromatic heterocycles. The number of hydrogen-bond acceptors (Lipinski definition) is 3. The van der Waals surface area contributed by atoms with Crippen LogP contribution in [0.15, 0.2) is 18.2 Å². The van der Waals surface area contributed by atoms with Crippen LogP contribution >= 0.6 is 35.6 Å². The maximum atomic E-state index is 12.1. The van der Waals surface area contributed by atoms with Gasteiger partial charge in [-0.2, -0.15) is 0 Å². The zero-order valence-electron chi connectivity index (χ0n) is 13.3. The van der Waals surface area contributed by atoms with Crippen LogP contribution in [0, 0.1) is 5.92 Å². The van der Waals surface area contributed by atoms with Gasteiger partial charge in [-0.3, -0.25) is 4.79 Å². The molecule has 1 heterocycles. The highest BCUT2D eigenvalue weighted by Crippen LogP contribution is 2.29. The van der Waals surface area contributed by atoms with Gasteiger partial charge in [-0.25, -0.2) is 0 Å². The lowest BCUT2D eigenvalue weighted by Crippen LogP contribution is -2.38. The number of benzene rings is 1. The Balaban J connectivity index is 0.00000264. The molecule has 2 N–H and O–H groups in total. The minimum absolute atomic E-state index is 0. The second-order valence-electron chi connectivity index (χ2n) is 5.74. The fraction of sp³-hybridized carbons (Fsp3) is 0.562.